The Morgan fingerprint density at radius 2 is 1.72 bits per heavy atom. The highest BCUT2D eigenvalue weighted by Crippen LogP contribution is 2.48. The molecule has 1 aromatic carbocycles. The Morgan fingerprint density at radius 3 is 2.28 bits per heavy atom. The van der Waals surface area contributed by atoms with Gasteiger partial charge in [-0.05, 0) is 58.8 Å². The van der Waals surface area contributed by atoms with E-state index in [1.54, 1.807) is 23.5 Å². The van der Waals surface area contributed by atoms with Crippen molar-refractivity contribution in [3.05, 3.63) is 45.6 Å². The number of phenols is 2. The van der Waals surface area contributed by atoms with Crippen LogP contribution in [-0.4, -0.2) is 10.2 Å². The van der Waals surface area contributed by atoms with E-state index in [9.17, 15) is 10.2 Å². The molecule has 1 aliphatic carbocycles. The number of benzene rings is 1. The van der Waals surface area contributed by atoms with Crippen molar-refractivity contribution in [2.24, 2.45) is 0 Å². The summed E-state index contributed by atoms with van der Waals surface area (Å²) in [5.74, 6) is 0.768. The Bertz CT molecular complexity index is 558. The largest absolute Gasteiger partial charge is 0.507 e. The lowest BCUT2D eigenvalue weighted by molar-refractivity contribution is 0.438. The molecular weight excluding hydrogens is 244 g/mol. The smallest absolute Gasteiger partial charge is 0.123 e. The molecule has 3 heteroatoms. The fourth-order valence-electron chi connectivity index (χ4n) is 2.09. The second-order valence-electron chi connectivity index (χ2n) is 4.64. The van der Waals surface area contributed by atoms with Gasteiger partial charge in [-0.3, -0.25) is 0 Å². The van der Waals surface area contributed by atoms with Crippen LogP contribution in [0.4, 0.5) is 0 Å². The monoisotopic (exact) mass is 258 g/mol. The summed E-state index contributed by atoms with van der Waals surface area (Å²) >= 11 is 1.65. The summed E-state index contributed by atoms with van der Waals surface area (Å²) in [4.78, 5) is 0. The molecule has 18 heavy (non-hydrogen) atoms. The molecule has 1 fully saturated rings. The fourth-order valence-corrected chi connectivity index (χ4v) is 2.72. The van der Waals surface area contributed by atoms with Gasteiger partial charge in [-0.2, -0.15) is 11.3 Å². The quantitative estimate of drug-likeness (QED) is 0.866. The molecule has 0 spiro atoms. The summed E-state index contributed by atoms with van der Waals surface area (Å²) in [6, 6.07) is 5.46. The normalized spacial score (nSPS) is 15.3. The van der Waals surface area contributed by atoms with Gasteiger partial charge in [0.1, 0.15) is 11.5 Å². The molecule has 2 nitrogen and oxygen atoms in total. The number of phenolic OH excluding ortho intramolecular Hbond substituents is 2. The maximum atomic E-state index is 9.95. The first kappa shape index (κ1) is 11.4. The van der Waals surface area contributed by atoms with Crippen molar-refractivity contribution in [3.8, 4) is 11.5 Å². The third-order valence-electron chi connectivity index (χ3n) is 3.16. The highest BCUT2D eigenvalue weighted by molar-refractivity contribution is 7.08. The molecule has 0 atom stereocenters. The predicted octanol–water partition coefficient (Wildman–Crippen LogP) is 4.21. The van der Waals surface area contributed by atoms with E-state index >= 15 is 0 Å². The summed E-state index contributed by atoms with van der Waals surface area (Å²) in [5.41, 5.74) is 2.66. The first-order valence-corrected chi connectivity index (χ1v) is 6.94. The Labute approximate surface area is 110 Å². The molecule has 92 valence electrons. The Hall–Kier alpha value is -1.74. The predicted molar refractivity (Wildman–Crippen MR) is 75.0 cm³/mol. The van der Waals surface area contributed by atoms with Gasteiger partial charge < -0.3 is 10.2 Å². The van der Waals surface area contributed by atoms with Crippen LogP contribution in [0, 0.1) is 0 Å². The van der Waals surface area contributed by atoms with E-state index in [0.29, 0.717) is 11.5 Å². The van der Waals surface area contributed by atoms with Crippen molar-refractivity contribution in [2.45, 2.75) is 18.8 Å². The molecule has 0 amide bonds. The summed E-state index contributed by atoms with van der Waals surface area (Å²) in [7, 11) is 0. The van der Waals surface area contributed by atoms with E-state index in [1.165, 1.54) is 0 Å². The Balaban J connectivity index is 1.89. The highest BCUT2D eigenvalue weighted by atomic mass is 32.1. The number of hydrogen-bond acceptors (Lipinski definition) is 3. The molecule has 1 aliphatic rings. The second-order valence-corrected chi connectivity index (χ2v) is 5.42. The van der Waals surface area contributed by atoms with E-state index < -0.39 is 0 Å². The SMILES string of the molecule is Oc1cc(C=Cc2ccsc2)cc(O)c1C1CC1. The summed E-state index contributed by atoms with van der Waals surface area (Å²) in [6.45, 7) is 0. The van der Waals surface area contributed by atoms with Gasteiger partial charge >= 0.3 is 0 Å². The Kier molecular flexibility index (Phi) is 2.84. The van der Waals surface area contributed by atoms with Gasteiger partial charge in [0, 0.05) is 5.56 Å². The van der Waals surface area contributed by atoms with Crippen molar-refractivity contribution in [3.63, 3.8) is 0 Å². The van der Waals surface area contributed by atoms with Crippen LogP contribution < -0.4 is 0 Å². The summed E-state index contributed by atoms with van der Waals surface area (Å²) < 4.78 is 0. The Morgan fingerprint density at radius 1 is 1.06 bits per heavy atom. The van der Waals surface area contributed by atoms with Crippen LogP contribution in [0.1, 0.15) is 35.4 Å². The van der Waals surface area contributed by atoms with Crippen molar-refractivity contribution >= 4 is 23.5 Å². The zero-order valence-electron chi connectivity index (χ0n) is 9.84. The van der Waals surface area contributed by atoms with Gasteiger partial charge in [0.15, 0.2) is 0 Å². The minimum atomic E-state index is 0.211. The lowest BCUT2D eigenvalue weighted by Gasteiger charge is -2.07. The minimum absolute atomic E-state index is 0.211. The van der Waals surface area contributed by atoms with Crippen LogP contribution >= 0.6 is 11.3 Å². The van der Waals surface area contributed by atoms with E-state index in [4.69, 9.17) is 0 Å². The first-order chi connectivity index (χ1) is 8.74. The van der Waals surface area contributed by atoms with Crippen LogP contribution in [0.25, 0.3) is 12.2 Å². The number of thiophene rings is 1. The molecule has 2 N–H and O–H groups in total. The molecular formula is C15H14O2S. The van der Waals surface area contributed by atoms with Gasteiger partial charge in [0.2, 0.25) is 0 Å². The molecule has 1 heterocycles. The molecule has 2 aromatic rings. The van der Waals surface area contributed by atoms with Crippen LogP contribution in [-0.2, 0) is 0 Å². The van der Waals surface area contributed by atoms with Gasteiger partial charge in [-0.15, -0.1) is 0 Å². The van der Waals surface area contributed by atoms with E-state index in [0.717, 1.165) is 24.0 Å². The standard InChI is InChI=1S/C15H14O2S/c16-13-7-11(2-1-10-5-6-18-9-10)8-14(17)15(13)12-3-4-12/h1-2,5-9,12,16-17H,3-4H2. The first-order valence-electron chi connectivity index (χ1n) is 6.00. The third kappa shape index (κ3) is 2.27. The van der Waals surface area contributed by atoms with Gasteiger partial charge in [-0.1, -0.05) is 12.2 Å². The van der Waals surface area contributed by atoms with Crippen LogP contribution in [0.15, 0.2) is 29.0 Å². The highest BCUT2D eigenvalue weighted by Gasteiger charge is 2.29. The molecule has 3 rings (SSSR count). The number of hydrogen-bond donors (Lipinski definition) is 2. The summed E-state index contributed by atoms with van der Waals surface area (Å²) in [6.07, 6.45) is 6.00. The van der Waals surface area contributed by atoms with E-state index in [1.807, 2.05) is 23.6 Å². The van der Waals surface area contributed by atoms with Crippen LogP contribution in [0.2, 0.25) is 0 Å². The maximum Gasteiger partial charge on any atom is 0.123 e. The molecule has 0 aliphatic heterocycles. The van der Waals surface area contributed by atoms with Crippen LogP contribution in [0.5, 0.6) is 11.5 Å². The van der Waals surface area contributed by atoms with Crippen molar-refractivity contribution < 1.29 is 10.2 Å². The molecule has 0 saturated heterocycles. The van der Waals surface area contributed by atoms with E-state index in [-0.39, 0.29) is 11.5 Å². The topological polar surface area (TPSA) is 40.5 Å². The molecule has 1 saturated carbocycles. The summed E-state index contributed by atoms with van der Waals surface area (Å²) in [5, 5.41) is 24.0. The molecule has 0 radical (unpaired) electrons. The lowest BCUT2D eigenvalue weighted by Crippen LogP contribution is -1.84. The number of aromatic hydroxyl groups is 2. The van der Waals surface area contributed by atoms with Gasteiger partial charge in [-0.25, -0.2) is 0 Å². The zero-order valence-corrected chi connectivity index (χ0v) is 10.7. The molecule has 0 bridgehead atoms. The zero-order chi connectivity index (χ0) is 12.5. The number of rotatable bonds is 3. The van der Waals surface area contributed by atoms with Crippen LogP contribution in [0.3, 0.4) is 0 Å². The van der Waals surface area contributed by atoms with Crippen molar-refractivity contribution in [1.82, 2.24) is 0 Å². The van der Waals surface area contributed by atoms with Crippen molar-refractivity contribution in [1.29, 1.82) is 0 Å². The maximum absolute atomic E-state index is 9.95. The average Bonchev–Trinajstić information content (AvgIpc) is 3.02. The van der Waals surface area contributed by atoms with Crippen molar-refractivity contribution in [2.75, 3.05) is 0 Å². The molecule has 1 aromatic heterocycles. The molecule has 0 unspecified atom stereocenters. The van der Waals surface area contributed by atoms with E-state index in [2.05, 4.69) is 5.38 Å². The lowest BCUT2D eigenvalue weighted by atomic mass is 10.0. The van der Waals surface area contributed by atoms with Gasteiger partial charge in [0.05, 0.1) is 0 Å². The second kappa shape index (κ2) is 4.50. The average molecular weight is 258 g/mol. The third-order valence-corrected chi connectivity index (χ3v) is 3.86. The fraction of sp³-hybridized carbons (Fsp3) is 0.200. The van der Waals surface area contributed by atoms with Gasteiger partial charge in [0.25, 0.3) is 0 Å². The minimum Gasteiger partial charge on any atom is -0.507 e.